The molecule has 2 heterocycles. The van der Waals surface area contributed by atoms with Gasteiger partial charge in [0.2, 0.25) is 0 Å². The first kappa shape index (κ1) is 11.5. The van der Waals surface area contributed by atoms with E-state index >= 15 is 0 Å². The molecule has 1 aromatic carbocycles. The van der Waals surface area contributed by atoms with Gasteiger partial charge in [-0.05, 0) is 29.1 Å². The highest BCUT2D eigenvalue weighted by atomic mass is 35.5. The van der Waals surface area contributed by atoms with Crippen molar-refractivity contribution in [3.05, 3.63) is 64.8 Å². The van der Waals surface area contributed by atoms with Crippen LogP contribution in [0.1, 0.15) is 5.56 Å². The highest BCUT2D eigenvalue weighted by Gasteiger charge is 2.07. The van der Waals surface area contributed by atoms with Crippen molar-refractivity contribution < 1.29 is 0 Å². The second-order valence-corrected chi connectivity index (χ2v) is 5.37. The maximum atomic E-state index is 6.00. The molecule has 2 nitrogen and oxygen atoms in total. The molecule has 0 unspecified atom stereocenters. The zero-order valence-electron chi connectivity index (χ0n) is 9.58. The van der Waals surface area contributed by atoms with Gasteiger partial charge in [0, 0.05) is 24.0 Å². The summed E-state index contributed by atoms with van der Waals surface area (Å²) in [6.45, 7) is 0.786. The Labute approximate surface area is 114 Å². The van der Waals surface area contributed by atoms with Crippen LogP contribution in [0, 0.1) is 0 Å². The Bertz CT molecular complexity index is 643. The number of benzene rings is 1. The maximum Gasteiger partial charge on any atom is 0.150 e. The van der Waals surface area contributed by atoms with Crippen LogP contribution in [0.5, 0.6) is 0 Å². The van der Waals surface area contributed by atoms with Crippen LogP contribution in [0.4, 0.5) is 0 Å². The van der Waals surface area contributed by atoms with Gasteiger partial charge in [0.25, 0.3) is 0 Å². The fourth-order valence-electron chi connectivity index (χ4n) is 1.90. The van der Waals surface area contributed by atoms with Crippen LogP contribution in [0.3, 0.4) is 0 Å². The summed E-state index contributed by atoms with van der Waals surface area (Å²) in [4.78, 5) is 5.60. The number of thiophene rings is 1. The summed E-state index contributed by atoms with van der Waals surface area (Å²) >= 11 is 7.70. The lowest BCUT2D eigenvalue weighted by Gasteiger charge is -2.07. The molecule has 0 aliphatic carbocycles. The van der Waals surface area contributed by atoms with Gasteiger partial charge in [0.05, 0.1) is 4.88 Å². The maximum absolute atomic E-state index is 6.00. The van der Waals surface area contributed by atoms with E-state index in [4.69, 9.17) is 11.6 Å². The van der Waals surface area contributed by atoms with E-state index in [1.165, 1.54) is 10.4 Å². The summed E-state index contributed by atoms with van der Waals surface area (Å²) in [6.07, 6.45) is 3.83. The zero-order valence-corrected chi connectivity index (χ0v) is 11.2. The molecule has 90 valence electrons. The number of hydrogen-bond acceptors (Lipinski definition) is 2. The molecule has 3 aromatic rings. The molecule has 0 N–H and O–H groups in total. The summed E-state index contributed by atoms with van der Waals surface area (Å²) in [7, 11) is 0. The Kier molecular flexibility index (Phi) is 3.17. The minimum atomic E-state index is 0.769. The standard InChI is InChI=1S/C14H11ClN2S/c15-12-4-1-3-11(9-12)10-17-7-6-16-14(17)13-5-2-8-18-13/h1-9H,10H2. The Morgan fingerprint density at radius 1 is 1.22 bits per heavy atom. The average molecular weight is 275 g/mol. The van der Waals surface area contributed by atoms with Gasteiger partial charge < -0.3 is 4.57 Å². The van der Waals surface area contributed by atoms with E-state index in [1.54, 1.807) is 11.3 Å². The highest BCUT2D eigenvalue weighted by Crippen LogP contribution is 2.23. The van der Waals surface area contributed by atoms with Crippen LogP contribution in [-0.2, 0) is 6.54 Å². The van der Waals surface area contributed by atoms with Gasteiger partial charge in [0.1, 0.15) is 5.82 Å². The number of imidazole rings is 1. The topological polar surface area (TPSA) is 17.8 Å². The number of hydrogen-bond donors (Lipinski definition) is 0. The molecule has 0 radical (unpaired) electrons. The normalized spacial score (nSPS) is 10.7. The first-order valence-corrected chi connectivity index (χ1v) is 6.88. The smallest absolute Gasteiger partial charge is 0.150 e. The number of rotatable bonds is 3. The molecule has 0 aliphatic heterocycles. The van der Waals surface area contributed by atoms with Gasteiger partial charge in [-0.2, -0.15) is 0 Å². The first-order valence-electron chi connectivity index (χ1n) is 5.62. The number of nitrogens with zero attached hydrogens (tertiary/aromatic N) is 2. The van der Waals surface area contributed by atoms with Gasteiger partial charge >= 0.3 is 0 Å². The quantitative estimate of drug-likeness (QED) is 0.696. The lowest BCUT2D eigenvalue weighted by Crippen LogP contribution is -2.00. The summed E-state index contributed by atoms with van der Waals surface area (Å²) in [6, 6.07) is 12.0. The molecule has 18 heavy (non-hydrogen) atoms. The van der Waals surface area contributed by atoms with Gasteiger partial charge in [-0.1, -0.05) is 29.8 Å². The molecule has 3 rings (SSSR count). The molecule has 0 amide bonds. The molecule has 4 heteroatoms. The molecule has 0 aliphatic rings. The van der Waals surface area contributed by atoms with Gasteiger partial charge in [-0.25, -0.2) is 4.98 Å². The second kappa shape index (κ2) is 4.96. The Balaban J connectivity index is 1.92. The average Bonchev–Trinajstić information content (AvgIpc) is 2.98. The van der Waals surface area contributed by atoms with E-state index in [2.05, 4.69) is 27.1 Å². The van der Waals surface area contributed by atoms with Gasteiger partial charge in [0.15, 0.2) is 0 Å². The third-order valence-corrected chi connectivity index (χ3v) is 3.80. The van der Waals surface area contributed by atoms with Crippen LogP contribution >= 0.6 is 22.9 Å². The fourth-order valence-corrected chi connectivity index (χ4v) is 2.85. The highest BCUT2D eigenvalue weighted by molar-refractivity contribution is 7.13. The summed E-state index contributed by atoms with van der Waals surface area (Å²) in [5.41, 5.74) is 1.18. The molecule has 2 aromatic heterocycles. The van der Waals surface area contributed by atoms with E-state index in [0.717, 1.165) is 17.4 Å². The lowest BCUT2D eigenvalue weighted by molar-refractivity contribution is 0.809. The van der Waals surface area contributed by atoms with Crippen LogP contribution in [-0.4, -0.2) is 9.55 Å². The molecule has 0 saturated heterocycles. The summed E-state index contributed by atoms with van der Waals surface area (Å²) in [5.74, 6) is 1.00. The molecular formula is C14H11ClN2S. The fraction of sp³-hybridized carbons (Fsp3) is 0.0714. The number of halogens is 1. The van der Waals surface area contributed by atoms with E-state index in [-0.39, 0.29) is 0 Å². The van der Waals surface area contributed by atoms with Crippen molar-refractivity contribution in [3.8, 4) is 10.7 Å². The van der Waals surface area contributed by atoms with E-state index < -0.39 is 0 Å². The van der Waals surface area contributed by atoms with Crippen molar-refractivity contribution in [2.45, 2.75) is 6.54 Å². The van der Waals surface area contributed by atoms with Crippen molar-refractivity contribution in [2.24, 2.45) is 0 Å². The first-order chi connectivity index (χ1) is 8.83. The Morgan fingerprint density at radius 3 is 2.94 bits per heavy atom. The predicted molar refractivity (Wildman–Crippen MR) is 76.1 cm³/mol. The van der Waals surface area contributed by atoms with E-state index in [9.17, 15) is 0 Å². The second-order valence-electron chi connectivity index (χ2n) is 3.99. The van der Waals surface area contributed by atoms with Crippen LogP contribution < -0.4 is 0 Å². The SMILES string of the molecule is Clc1cccc(Cn2ccnc2-c2cccs2)c1. The molecule has 0 atom stereocenters. The summed E-state index contributed by atoms with van der Waals surface area (Å²) in [5, 5.41) is 2.83. The monoisotopic (exact) mass is 274 g/mol. The van der Waals surface area contributed by atoms with Crippen molar-refractivity contribution in [1.82, 2.24) is 9.55 Å². The third kappa shape index (κ3) is 2.33. The Hall–Kier alpha value is -1.58. The molecule has 0 bridgehead atoms. The van der Waals surface area contributed by atoms with Crippen molar-refractivity contribution in [3.63, 3.8) is 0 Å². The molecule has 0 spiro atoms. The Morgan fingerprint density at radius 2 is 2.17 bits per heavy atom. The molecule has 0 fully saturated rings. The number of aromatic nitrogens is 2. The van der Waals surface area contributed by atoms with E-state index in [0.29, 0.717) is 0 Å². The molecule has 0 saturated carbocycles. The van der Waals surface area contributed by atoms with Crippen molar-refractivity contribution >= 4 is 22.9 Å². The minimum Gasteiger partial charge on any atom is -0.326 e. The minimum absolute atomic E-state index is 0.769. The largest absolute Gasteiger partial charge is 0.326 e. The van der Waals surface area contributed by atoms with Crippen LogP contribution in [0.25, 0.3) is 10.7 Å². The summed E-state index contributed by atoms with van der Waals surface area (Å²) < 4.78 is 2.14. The van der Waals surface area contributed by atoms with Crippen LogP contribution in [0.15, 0.2) is 54.2 Å². The van der Waals surface area contributed by atoms with Crippen LogP contribution in [0.2, 0.25) is 5.02 Å². The molecular weight excluding hydrogens is 264 g/mol. The van der Waals surface area contributed by atoms with Gasteiger partial charge in [-0.3, -0.25) is 0 Å². The van der Waals surface area contributed by atoms with E-state index in [1.807, 2.05) is 36.7 Å². The lowest BCUT2D eigenvalue weighted by atomic mass is 10.2. The third-order valence-electron chi connectivity index (χ3n) is 2.70. The van der Waals surface area contributed by atoms with Crippen molar-refractivity contribution in [1.29, 1.82) is 0 Å². The van der Waals surface area contributed by atoms with Gasteiger partial charge in [-0.15, -0.1) is 11.3 Å². The van der Waals surface area contributed by atoms with Crippen molar-refractivity contribution in [2.75, 3.05) is 0 Å². The zero-order chi connectivity index (χ0) is 12.4. The predicted octanol–water partition coefficient (Wildman–Crippen LogP) is 4.31.